The molecule has 0 saturated heterocycles. The molecule has 2 N–H and O–H groups in total. The van der Waals surface area contributed by atoms with Crippen LogP contribution in [-0.2, 0) is 9.53 Å². The third-order valence-corrected chi connectivity index (χ3v) is 4.70. The van der Waals surface area contributed by atoms with Gasteiger partial charge in [-0.05, 0) is 80.9 Å². The van der Waals surface area contributed by atoms with Crippen molar-refractivity contribution in [3.8, 4) is 11.5 Å². The largest absolute Gasteiger partial charge is 0.513 e. The van der Waals surface area contributed by atoms with Crippen LogP contribution in [0.5, 0.6) is 11.5 Å². The van der Waals surface area contributed by atoms with Crippen molar-refractivity contribution >= 4 is 29.3 Å². The Labute approximate surface area is 197 Å². The van der Waals surface area contributed by atoms with Gasteiger partial charge in [-0.25, -0.2) is 4.79 Å². The highest BCUT2D eigenvalue weighted by Gasteiger charge is 2.10. The molecule has 0 bridgehead atoms. The van der Waals surface area contributed by atoms with Gasteiger partial charge in [0, 0.05) is 16.9 Å². The van der Waals surface area contributed by atoms with Gasteiger partial charge in [0.05, 0.1) is 6.61 Å². The number of hydrogen-bond acceptors (Lipinski definition) is 6. The van der Waals surface area contributed by atoms with E-state index in [-0.39, 0.29) is 30.8 Å². The predicted molar refractivity (Wildman–Crippen MR) is 129 cm³/mol. The van der Waals surface area contributed by atoms with Crippen LogP contribution in [0.25, 0.3) is 0 Å². The Morgan fingerprint density at radius 1 is 0.824 bits per heavy atom. The van der Waals surface area contributed by atoms with Crippen molar-refractivity contribution in [2.45, 2.75) is 20.8 Å². The number of carbonyl (C=O) groups excluding carboxylic acids is 3. The summed E-state index contributed by atoms with van der Waals surface area (Å²) in [6.45, 7) is 5.70. The molecular formula is C26H26N2O6. The molecule has 0 radical (unpaired) electrons. The fourth-order valence-electron chi connectivity index (χ4n) is 3.06. The van der Waals surface area contributed by atoms with Gasteiger partial charge in [0.1, 0.15) is 11.5 Å². The van der Waals surface area contributed by atoms with Gasteiger partial charge in [0.25, 0.3) is 11.8 Å². The van der Waals surface area contributed by atoms with E-state index in [1.54, 1.807) is 31.2 Å². The minimum atomic E-state index is -0.802. The number of aryl methyl sites for hydroxylation is 2. The Kier molecular flexibility index (Phi) is 8.23. The summed E-state index contributed by atoms with van der Waals surface area (Å²) in [6, 6.07) is 18.6. The molecule has 176 valence electrons. The van der Waals surface area contributed by atoms with Gasteiger partial charge in [-0.2, -0.15) is 0 Å². The summed E-state index contributed by atoms with van der Waals surface area (Å²) in [5.74, 6) is 0.319. The summed E-state index contributed by atoms with van der Waals surface area (Å²) in [5, 5.41) is 5.53. The Morgan fingerprint density at radius 2 is 1.47 bits per heavy atom. The first-order chi connectivity index (χ1) is 16.3. The molecule has 0 aliphatic heterocycles. The maximum absolute atomic E-state index is 12.5. The SMILES string of the molecule is CCOC(=O)Oc1ccc(C(=O)Nc2ccc(NC(=O)COc3ccc(C)cc3C)cc2)cc1. The van der Waals surface area contributed by atoms with Crippen molar-refractivity contribution in [1.29, 1.82) is 0 Å². The monoisotopic (exact) mass is 462 g/mol. The normalized spacial score (nSPS) is 10.2. The number of ether oxygens (including phenoxy) is 3. The van der Waals surface area contributed by atoms with Crippen LogP contribution in [0.2, 0.25) is 0 Å². The average molecular weight is 463 g/mol. The second kappa shape index (κ2) is 11.5. The third kappa shape index (κ3) is 7.09. The van der Waals surface area contributed by atoms with Crippen molar-refractivity contribution in [3.63, 3.8) is 0 Å². The van der Waals surface area contributed by atoms with Crippen LogP contribution in [0, 0.1) is 13.8 Å². The van der Waals surface area contributed by atoms with Gasteiger partial charge in [-0.1, -0.05) is 17.7 Å². The number of anilines is 2. The molecule has 0 spiro atoms. The van der Waals surface area contributed by atoms with E-state index in [2.05, 4.69) is 10.6 Å². The quantitative estimate of drug-likeness (QED) is 0.356. The summed E-state index contributed by atoms with van der Waals surface area (Å²) in [4.78, 5) is 36.0. The lowest BCUT2D eigenvalue weighted by atomic mass is 10.1. The molecule has 2 amide bonds. The second-order valence-electron chi connectivity index (χ2n) is 7.45. The number of rotatable bonds is 8. The molecule has 8 nitrogen and oxygen atoms in total. The molecule has 0 aliphatic carbocycles. The first-order valence-electron chi connectivity index (χ1n) is 10.7. The summed E-state index contributed by atoms with van der Waals surface area (Å²) in [6.07, 6.45) is -0.802. The molecule has 3 aromatic carbocycles. The van der Waals surface area contributed by atoms with Gasteiger partial charge in [-0.15, -0.1) is 0 Å². The van der Waals surface area contributed by atoms with E-state index >= 15 is 0 Å². The first-order valence-corrected chi connectivity index (χ1v) is 10.7. The Morgan fingerprint density at radius 3 is 2.09 bits per heavy atom. The van der Waals surface area contributed by atoms with Gasteiger partial charge >= 0.3 is 6.16 Å². The highest BCUT2D eigenvalue weighted by molar-refractivity contribution is 6.04. The number of carbonyl (C=O) groups is 3. The molecule has 0 atom stereocenters. The van der Waals surface area contributed by atoms with Crippen LogP contribution in [0.1, 0.15) is 28.4 Å². The second-order valence-corrected chi connectivity index (χ2v) is 7.45. The van der Waals surface area contributed by atoms with Crippen LogP contribution in [0.3, 0.4) is 0 Å². The summed E-state index contributed by atoms with van der Waals surface area (Å²) in [7, 11) is 0. The smallest absolute Gasteiger partial charge is 0.483 e. The molecule has 0 fully saturated rings. The van der Waals surface area contributed by atoms with Gasteiger partial charge in [0.15, 0.2) is 6.61 Å². The zero-order chi connectivity index (χ0) is 24.5. The van der Waals surface area contributed by atoms with Crippen molar-refractivity contribution in [3.05, 3.63) is 83.4 Å². The molecule has 3 aromatic rings. The zero-order valence-electron chi connectivity index (χ0n) is 19.2. The maximum Gasteiger partial charge on any atom is 0.513 e. The molecule has 0 aromatic heterocycles. The lowest BCUT2D eigenvalue weighted by Gasteiger charge is -2.11. The van der Waals surface area contributed by atoms with Crippen LogP contribution in [0.15, 0.2) is 66.7 Å². The van der Waals surface area contributed by atoms with E-state index in [1.165, 1.54) is 24.3 Å². The average Bonchev–Trinajstić information content (AvgIpc) is 2.80. The molecule has 34 heavy (non-hydrogen) atoms. The Balaban J connectivity index is 1.49. The summed E-state index contributed by atoms with van der Waals surface area (Å²) < 4.78 is 15.3. The van der Waals surface area contributed by atoms with Crippen molar-refractivity contribution in [2.75, 3.05) is 23.8 Å². The molecule has 3 rings (SSSR count). The minimum absolute atomic E-state index is 0.113. The van der Waals surface area contributed by atoms with Crippen molar-refractivity contribution in [2.24, 2.45) is 0 Å². The van der Waals surface area contributed by atoms with Crippen LogP contribution in [-0.4, -0.2) is 31.2 Å². The number of hydrogen-bond donors (Lipinski definition) is 2. The molecule has 0 aliphatic rings. The predicted octanol–water partition coefficient (Wildman–Crippen LogP) is 5.11. The highest BCUT2D eigenvalue weighted by atomic mass is 16.7. The van der Waals surface area contributed by atoms with E-state index in [0.717, 1.165) is 11.1 Å². The number of benzene rings is 3. The van der Waals surface area contributed by atoms with Crippen LogP contribution < -0.4 is 20.1 Å². The van der Waals surface area contributed by atoms with Gasteiger partial charge in [-0.3, -0.25) is 9.59 Å². The van der Waals surface area contributed by atoms with Gasteiger partial charge in [0.2, 0.25) is 0 Å². The third-order valence-electron chi connectivity index (χ3n) is 4.70. The summed E-state index contributed by atoms with van der Waals surface area (Å²) >= 11 is 0. The number of nitrogens with one attached hydrogen (secondary N) is 2. The minimum Gasteiger partial charge on any atom is -0.483 e. The molecular weight excluding hydrogens is 436 g/mol. The topological polar surface area (TPSA) is 103 Å². The van der Waals surface area contributed by atoms with Gasteiger partial charge < -0.3 is 24.8 Å². The van der Waals surface area contributed by atoms with E-state index in [1.807, 2.05) is 32.0 Å². The fourth-order valence-corrected chi connectivity index (χ4v) is 3.06. The summed E-state index contributed by atoms with van der Waals surface area (Å²) in [5.41, 5.74) is 3.61. The first kappa shape index (κ1) is 24.3. The Hall–Kier alpha value is -4.33. The van der Waals surface area contributed by atoms with E-state index in [0.29, 0.717) is 22.7 Å². The molecule has 8 heteroatoms. The van der Waals surface area contributed by atoms with Crippen molar-refractivity contribution in [1.82, 2.24) is 0 Å². The standard InChI is InChI=1S/C26H26N2O6/c1-4-32-26(31)34-22-12-6-19(7-13-22)25(30)28-21-10-8-20(9-11-21)27-24(29)16-33-23-14-5-17(2)15-18(23)3/h5-15H,4,16H2,1-3H3,(H,27,29)(H,28,30). The number of amides is 2. The van der Waals surface area contributed by atoms with Crippen LogP contribution in [0.4, 0.5) is 16.2 Å². The zero-order valence-corrected chi connectivity index (χ0v) is 19.2. The van der Waals surface area contributed by atoms with Crippen molar-refractivity contribution < 1.29 is 28.6 Å². The lowest BCUT2D eigenvalue weighted by Crippen LogP contribution is -2.20. The molecule has 0 heterocycles. The maximum atomic E-state index is 12.5. The van der Waals surface area contributed by atoms with E-state index < -0.39 is 6.16 Å². The molecule has 0 unspecified atom stereocenters. The van der Waals surface area contributed by atoms with Crippen LogP contribution >= 0.6 is 0 Å². The van der Waals surface area contributed by atoms with E-state index in [9.17, 15) is 14.4 Å². The van der Waals surface area contributed by atoms with E-state index in [4.69, 9.17) is 14.2 Å². The fraction of sp³-hybridized carbons (Fsp3) is 0.192. The Bertz CT molecular complexity index is 1160. The highest BCUT2D eigenvalue weighted by Crippen LogP contribution is 2.19. The molecule has 0 saturated carbocycles. The lowest BCUT2D eigenvalue weighted by molar-refractivity contribution is -0.118.